The Kier molecular flexibility index (Phi) is 6.55. The van der Waals surface area contributed by atoms with E-state index in [9.17, 15) is 4.79 Å². The number of benzene rings is 1. The molecule has 0 radical (unpaired) electrons. The molecule has 1 aromatic heterocycles. The third kappa shape index (κ3) is 5.63. The molecule has 0 saturated carbocycles. The smallest absolute Gasteiger partial charge is 0.317 e. The van der Waals surface area contributed by atoms with Gasteiger partial charge in [0.1, 0.15) is 12.4 Å². The number of amides is 2. The summed E-state index contributed by atoms with van der Waals surface area (Å²) in [7, 11) is 0. The first kappa shape index (κ1) is 18.0. The highest BCUT2D eigenvalue weighted by Crippen LogP contribution is 2.23. The molecule has 1 fully saturated rings. The molecule has 1 saturated heterocycles. The summed E-state index contributed by atoms with van der Waals surface area (Å²) in [6, 6.07) is 13.6. The highest BCUT2D eigenvalue weighted by molar-refractivity contribution is 7.16. The largest absolute Gasteiger partial charge is 0.492 e. The van der Waals surface area contributed by atoms with Gasteiger partial charge in [0.2, 0.25) is 0 Å². The van der Waals surface area contributed by atoms with Gasteiger partial charge in [0.15, 0.2) is 0 Å². The van der Waals surface area contributed by atoms with E-state index in [0.29, 0.717) is 13.2 Å². The van der Waals surface area contributed by atoms with Crippen molar-refractivity contribution in [1.29, 1.82) is 0 Å². The van der Waals surface area contributed by atoms with E-state index >= 15 is 0 Å². The highest BCUT2D eigenvalue weighted by atomic mass is 35.5. The van der Waals surface area contributed by atoms with Crippen LogP contribution in [0.25, 0.3) is 0 Å². The number of hydrogen-bond acceptors (Lipinski definition) is 4. The number of piperazine rings is 1. The average Bonchev–Trinajstić information content (AvgIpc) is 3.05. The number of nitrogens with zero attached hydrogens (tertiary/aromatic N) is 2. The first-order valence-electron chi connectivity index (χ1n) is 8.38. The van der Waals surface area contributed by atoms with Crippen LogP contribution in [0.3, 0.4) is 0 Å². The number of ether oxygens (including phenoxy) is 1. The quantitative estimate of drug-likeness (QED) is 0.783. The van der Waals surface area contributed by atoms with Crippen LogP contribution in [0, 0.1) is 0 Å². The monoisotopic (exact) mass is 379 g/mol. The first-order valence-corrected chi connectivity index (χ1v) is 9.57. The molecule has 0 bridgehead atoms. The van der Waals surface area contributed by atoms with Gasteiger partial charge in [-0.2, -0.15) is 0 Å². The van der Waals surface area contributed by atoms with Crippen LogP contribution in [0.2, 0.25) is 4.34 Å². The molecular weight excluding hydrogens is 358 g/mol. The molecule has 0 atom stereocenters. The molecule has 1 aliphatic heterocycles. The van der Waals surface area contributed by atoms with Crippen LogP contribution in [0.15, 0.2) is 42.5 Å². The van der Waals surface area contributed by atoms with E-state index in [-0.39, 0.29) is 6.03 Å². The zero-order valence-electron chi connectivity index (χ0n) is 14.0. The van der Waals surface area contributed by atoms with E-state index < -0.39 is 0 Å². The molecule has 1 aliphatic rings. The SMILES string of the molecule is O=C(NCCOc1ccccc1)N1CCN(Cc2ccc(Cl)s2)CC1. The van der Waals surface area contributed by atoms with Crippen molar-refractivity contribution >= 4 is 29.0 Å². The molecule has 2 aromatic rings. The summed E-state index contributed by atoms with van der Waals surface area (Å²) in [5, 5.41) is 2.92. The number of urea groups is 1. The summed E-state index contributed by atoms with van der Waals surface area (Å²) < 4.78 is 6.40. The fourth-order valence-corrected chi connectivity index (χ4v) is 3.85. The number of halogens is 1. The number of carbonyl (C=O) groups is 1. The normalized spacial score (nSPS) is 15.2. The summed E-state index contributed by atoms with van der Waals surface area (Å²) >= 11 is 7.59. The van der Waals surface area contributed by atoms with Crippen molar-refractivity contribution < 1.29 is 9.53 Å². The van der Waals surface area contributed by atoms with E-state index in [1.54, 1.807) is 11.3 Å². The standard InChI is InChI=1S/C18H22ClN3O2S/c19-17-7-6-16(25-17)14-21-9-11-22(12-10-21)18(23)20-8-13-24-15-4-2-1-3-5-15/h1-7H,8-14H2,(H,20,23). The highest BCUT2D eigenvalue weighted by Gasteiger charge is 2.21. The van der Waals surface area contributed by atoms with Gasteiger partial charge in [-0.25, -0.2) is 4.79 Å². The van der Waals surface area contributed by atoms with E-state index in [2.05, 4.69) is 16.3 Å². The Hall–Kier alpha value is -1.76. The Morgan fingerprint density at radius 2 is 1.88 bits per heavy atom. The summed E-state index contributed by atoms with van der Waals surface area (Å²) in [4.78, 5) is 17.7. The van der Waals surface area contributed by atoms with Crippen molar-refractivity contribution in [2.24, 2.45) is 0 Å². The van der Waals surface area contributed by atoms with Crippen LogP contribution in [-0.4, -0.2) is 55.2 Å². The van der Waals surface area contributed by atoms with E-state index in [1.807, 2.05) is 41.3 Å². The van der Waals surface area contributed by atoms with Gasteiger partial charge in [-0.1, -0.05) is 29.8 Å². The minimum atomic E-state index is -0.0181. The number of para-hydroxylation sites is 1. The van der Waals surface area contributed by atoms with Crippen molar-refractivity contribution in [1.82, 2.24) is 15.1 Å². The second-order valence-electron chi connectivity index (χ2n) is 5.86. The van der Waals surface area contributed by atoms with Gasteiger partial charge in [0.25, 0.3) is 0 Å². The molecule has 2 heterocycles. The topological polar surface area (TPSA) is 44.8 Å². The fraction of sp³-hybridized carbons (Fsp3) is 0.389. The lowest BCUT2D eigenvalue weighted by atomic mass is 10.3. The van der Waals surface area contributed by atoms with Gasteiger partial charge in [-0.05, 0) is 24.3 Å². The van der Waals surface area contributed by atoms with E-state index in [1.165, 1.54) is 4.88 Å². The summed E-state index contributed by atoms with van der Waals surface area (Å²) in [6.07, 6.45) is 0. The van der Waals surface area contributed by atoms with Crippen molar-refractivity contribution in [2.45, 2.75) is 6.54 Å². The number of carbonyl (C=O) groups excluding carboxylic acids is 1. The van der Waals surface area contributed by atoms with E-state index in [4.69, 9.17) is 16.3 Å². The predicted octanol–water partition coefficient (Wildman–Crippen LogP) is 3.31. The maximum absolute atomic E-state index is 12.2. The lowest BCUT2D eigenvalue weighted by Crippen LogP contribution is -2.51. The maximum atomic E-state index is 12.2. The van der Waals surface area contributed by atoms with Crippen LogP contribution in [0.1, 0.15) is 4.88 Å². The van der Waals surface area contributed by atoms with Gasteiger partial charge in [-0.15, -0.1) is 11.3 Å². The Balaban J connectivity index is 1.32. The number of rotatable bonds is 6. The number of nitrogens with one attached hydrogen (secondary N) is 1. The molecule has 0 spiro atoms. The molecule has 134 valence electrons. The van der Waals surface area contributed by atoms with Crippen LogP contribution >= 0.6 is 22.9 Å². The Bertz CT molecular complexity index is 672. The van der Waals surface area contributed by atoms with Crippen molar-refractivity contribution in [2.75, 3.05) is 39.3 Å². The summed E-state index contributed by atoms with van der Waals surface area (Å²) in [5.41, 5.74) is 0. The minimum absolute atomic E-state index is 0.0181. The second kappa shape index (κ2) is 9.08. The predicted molar refractivity (Wildman–Crippen MR) is 102 cm³/mol. The zero-order chi connectivity index (χ0) is 17.5. The molecule has 1 aromatic carbocycles. The van der Waals surface area contributed by atoms with Gasteiger partial charge in [0, 0.05) is 37.6 Å². The molecule has 2 amide bonds. The van der Waals surface area contributed by atoms with Crippen molar-refractivity contribution in [3.8, 4) is 5.75 Å². The summed E-state index contributed by atoms with van der Waals surface area (Å²) in [6.45, 7) is 5.11. The van der Waals surface area contributed by atoms with Crippen LogP contribution < -0.4 is 10.1 Å². The Morgan fingerprint density at radius 3 is 2.56 bits per heavy atom. The lowest BCUT2D eigenvalue weighted by molar-refractivity contribution is 0.135. The third-order valence-corrected chi connectivity index (χ3v) is 5.27. The lowest BCUT2D eigenvalue weighted by Gasteiger charge is -2.34. The minimum Gasteiger partial charge on any atom is -0.492 e. The molecular formula is C18H22ClN3O2S. The molecule has 3 rings (SSSR count). The third-order valence-electron chi connectivity index (χ3n) is 4.06. The molecule has 0 unspecified atom stereocenters. The van der Waals surface area contributed by atoms with Crippen molar-refractivity contribution in [3.05, 3.63) is 51.7 Å². The molecule has 5 nitrogen and oxygen atoms in total. The van der Waals surface area contributed by atoms with Crippen LogP contribution in [0.4, 0.5) is 4.79 Å². The van der Waals surface area contributed by atoms with Crippen LogP contribution in [-0.2, 0) is 6.54 Å². The summed E-state index contributed by atoms with van der Waals surface area (Å²) in [5.74, 6) is 0.819. The number of hydrogen-bond donors (Lipinski definition) is 1. The Morgan fingerprint density at radius 1 is 1.12 bits per heavy atom. The average molecular weight is 380 g/mol. The molecule has 7 heteroatoms. The Labute approximate surface area is 157 Å². The fourth-order valence-electron chi connectivity index (χ4n) is 2.72. The van der Waals surface area contributed by atoms with Crippen molar-refractivity contribution in [3.63, 3.8) is 0 Å². The van der Waals surface area contributed by atoms with Crippen LogP contribution in [0.5, 0.6) is 5.75 Å². The van der Waals surface area contributed by atoms with Gasteiger partial charge >= 0.3 is 6.03 Å². The molecule has 0 aliphatic carbocycles. The van der Waals surface area contributed by atoms with Gasteiger partial charge in [0.05, 0.1) is 10.9 Å². The zero-order valence-corrected chi connectivity index (χ0v) is 15.6. The van der Waals surface area contributed by atoms with Gasteiger partial charge in [-0.3, -0.25) is 4.90 Å². The number of thiophene rings is 1. The maximum Gasteiger partial charge on any atom is 0.317 e. The molecule has 25 heavy (non-hydrogen) atoms. The second-order valence-corrected chi connectivity index (χ2v) is 7.66. The molecule has 1 N–H and O–H groups in total. The first-order chi connectivity index (χ1) is 12.2. The van der Waals surface area contributed by atoms with Gasteiger partial charge < -0.3 is 15.0 Å². The van der Waals surface area contributed by atoms with E-state index in [0.717, 1.165) is 42.8 Å².